The Kier molecular flexibility index (Phi) is 3.30. The molecule has 1 rings (SSSR count). The minimum atomic E-state index is -0.984. The topological polar surface area (TPSA) is 0 Å². The molecule has 0 unspecified atom stereocenters. The summed E-state index contributed by atoms with van der Waals surface area (Å²) in [5.41, 5.74) is 0.501. The van der Waals surface area contributed by atoms with Crippen molar-refractivity contribution < 1.29 is 0 Å². The van der Waals surface area contributed by atoms with Gasteiger partial charge in [-0.1, -0.05) is 51.7 Å². The minimum Gasteiger partial charge on any atom is -0.0889 e. The van der Waals surface area contributed by atoms with Crippen molar-refractivity contribution in [3.63, 3.8) is 0 Å². The van der Waals surface area contributed by atoms with Crippen LogP contribution in [0.3, 0.4) is 0 Å². The first-order valence-electron chi connectivity index (χ1n) is 5.91. The van der Waals surface area contributed by atoms with E-state index in [9.17, 15) is 0 Å². The van der Waals surface area contributed by atoms with Crippen LogP contribution >= 0.6 is 0 Å². The largest absolute Gasteiger partial charge is 0.0889 e. The Balaban J connectivity index is 2.65. The molecule has 0 aromatic carbocycles. The molecule has 0 N–H and O–H groups in total. The van der Waals surface area contributed by atoms with Gasteiger partial charge in [0.2, 0.25) is 0 Å². The highest BCUT2D eigenvalue weighted by Gasteiger charge is 2.29. The fourth-order valence-electron chi connectivity index (χ4n) is 2.30. The van der Waals surface area contributed by atoms with Crippen molar-refractivity contribution in [3.8, 4) is 0 Å². The lowest BCUT2D eigenvalue weighted by molar-refractivity contribution is 0.222. The normalized spacial score (nSPS) is 24.7. The molecule has 1 aliphatic carbocycles. The molecule has 0 saturated heterocycles. The molecule has 0 heterocycles. The van der Waals surface area contributed by atoms with Crippen LogP contribution < -0.4 is 0 Å². The van der Waals surface area contributed by atoms with Gasteiger partial charge in [0.1, 0.15) is 0 Å². The van der Waals surface area contributed by atoms with Crippen molar-refractivity contribution >= 4 is 8.07 Å². The third kappa shape index (κ3) is 2.98. The predicted molar refractivity (Wildman–Crippen MR) is 68.2 cm³/mol. The lowest BCUT2D eigenvalue weighted by Gasteiger charge is -2.35. The van der Waals surface area contributed by atoms with E-state index in [1.54, 1.807) is 5.20 Å². The lowest BCUT2D eigenvalue weighted by Crippen LogP contribution is -2.29. The fraction of sp³-hybridized carbons (Fsp3) is 0.846. The third-order valence-electron chi connectivity index (χ3n) is 3.60. The Morgan fingerprint density at radius 1 is 1.21 bits per heavy atom. The summed E-state index contributed by atoms with van der Waals surface area (Å²) in [4.78, 5) is 0. The van der Waals surface area contributed by atoms with Crippen molar-refractivity contribution in [3.05, 3.63) is 11.3 Å². The second-order valence-electron chi connectivity index (χ2n) is 6.82. The zero-order valence-corrected chi connectivity index (χ0v) is 11.8. The van der Waals surface area contributed by atoms with E-state index in [-0.39, 0.29) is 0 Å². The van der Waals surface area contributed by atoms with Crippen molar-refractivity contribution in [2.24, 2.45) is 11.3 Å². The van der Waals surface area contributed by atoms with Crippen LogP contribution in [0.4, 0.5) is 0 Å². The quantitative estimate of drug-likeness (QED) is 0.553. The lowest BCUT2D eigenvalue weighted by atomic mass is 9.74. The van der Waals surface area contributed by atoms with Gasteiger partial charge in [0.15, 0.2) is 0 Å². The smallest absolute Gasteiger partial charge is 0.0720 e. The van der Waals surface area contributed by atoms with Crippen LogP contribution in [0.1, 0.15) is 40.0 Å². The Bertz CT molecular complexity index is 225. The fourth-order valence-corrected chi connectivity index (χ4v) is 3.93. The van der Waals surface area contributed by atoms with Gasteiger partial charge >= 0.3 is 0 Å². The van der Waals surface area contributed by atoms with Crippen LogP contribution in [0.5, 0.6) is 0 Å². The van der Waals surface area contributed by atoms with Crippen molar-refractivity contribution in [1.82, 2.24) is 0 Å². The average molecular weight is 210 g/mol. The van der Waals surface area contributed by atoms with Crippen LogP contribution in [0.2, 0.25) is 19.6 Å². The van der Waals surface area contributed by atoms with Gasteiger partial charge in [-0.05, 0) is 30.6 Å². The minimum absolute atomic E-state index is 0.501. The van der Waals surface area contributed by atoms with E-state index < -0.39 is 8.07 Å². The highest BCUT2D eigenvalue weighted by Crippen LogP contribution is 2.38. The van der Waals surface area contributed by atoms with Crippen LogP contribution in [0, 0.1) is 11.3 Å². The van der Waals surface area contributed by atoms with E-state index in [1.807, 2.05) is 0 Å². The first kappa shape index (κ1) is 12.0. The van der Waals surface area contributed by atoms with Gasteiger partial charge in [-0.2, -0.15) is 0 Å². The molecular formula is C13H26Si. The van der Waals surface area contributed by atoms with Crippen molar-refractivity contribution in [2.45, 2.75) is 59.7 Å². The third-order valence-corrected chi connectivity index (χ3v) is 5.98. The molecule has 0 saturated carbocycles. The molecule has 14 heavy (non-hydrogen) atoms. The van der Waals surface area contributed by atoms with Gasteiger partial charge in [0.25, 0.3) is 0 Å². The summed E-state index contributed by atoms with van der Waals surface area (Å²) in [6.07, 6.45) is 6.67. The Labute approximate surface area is 90.8 Å². The molecule has 0 bridgehead atoms. The zero-order valence-electron chi connectivity index (χ0n) is 10.8. The number of allylic oxidation sites excluding steroid dienone is 2. The second-order valence-corrected chi connectivity index (χ2v) is 12.0. The van der Waals surface area contributed by atoms with Crippen LogP contribution in [-0.4, -0.2) is 8.07 Å². The molecule has 1 aliphatic rings. The highest BCUT2D eigenvalue weighted by atomic mass is 28.3. The molecule has 0 radical (unpaired) electrons. The Hall–Kier alpha value is -0.0431. The molecule has 1 heteroatoms. The maximum Gasteiger partial charge on any atom is 0.0720 e. The number of hydrogen-bond donors (Lipinski definition) is 0. The molecule has 0 nitrogen and oxygen atoms in total. The van der Waals surface area contributed by atoms with Crippen molar-refractivity contribution in [1.29, 1.82) is 0 Å². The van der Waals surface area contributed by atoms with Gasteiger partial charge in [-0.15, -0.1) is 0 Å². The number of rotatable bonds is 1. The maximum atomic E-state index is 2.56. The Morgan fingerprint density at radius 2 is 1.79 bits per heavy atom. The van der Waals surface area contributed by atoms with Gasteiger partial charge in [-0.3, -0.25) is 0 Å². The van der Waals surface area contributed by atoms with Crippen LogP contribution in [0.25, 0.3) is 0 Å². The standard InChI is InChI=1S/C13H26Si/c1-13(2,3)11-7-9-12(10-8-11)14(4,5)6/h9,11H,7-8,10H2,1-6H3/t11-/m0/s1. The monoisotopic (exact) mass is 210 g/mol. The molecule has 0 aromatic rings. The predicted octanol–water partition coefficient (Wildman–Crippen LogP) is 4.64. The first-order valence-corrected chi connectivity index (χ1v) is 9.41. The average Bonchev–Trinajstić information content (AvgIpc) is 2.01. The summed E-state index contributed by atoms with van der Waals surface area (Å²) in [5.74, 6) is 0.905. The van der Waals surface area contributed by atoms with E-state index in [1.165, 1.54) is 19.3 Å². The molecule has 0 fully saturated rings. The molecule has 0 aromatic heterocycles. The van der Waals surface area contributed by atoms with E-state index >= 15 is 0 Å². The van der Waals surface area contributed by atoms with Crippen LogP contribution in [-0.2, 0) is 0 Å². The van der Waals surface area contributed by atoms with E-state index in [0.29, 0.717) is 5.41 Å². The van der Waals surface area contributed by atoms with E-state index in [0.717, 1.165) is 5.92 Å². The van der Waals surface area contributed by atoms with Gasteiger partial charge in [0, 0.05) is 0 Å². The number of hydrogen-bond acceptors (Lipinski definition) is 0. The second kappa shape index (κ2) is 3.84. The highest BCUT2D eigenvalue weighted by molar-refractivity contribution is 6.83. The van der Waals surface area contributed by atoms with Gasteiger partial charge in [-0.25, -0.2) is 0 Å². The van der Waals surface area contributed by atoms with Crippen LogP contribution in [0.15, 0.2) is 11.3 Å². The molecule has 82 valence electrons. The summed E-state index contributed by atoms with van der Waals surface area (Å²) < 4.78 is 0. The summed E-state index contributed by atoms with van der Waals surface area (Å²) in [5, 5.41) is 1.80. The molecule has 0 aliphatic heterocycles. The summed E-state index contributed by atoms with van der Waals surface area (Å²) >= 11 is 0. The summed E-state index contributed by atoms with van der Waals surface area (Å²) in [6, 6.07) is 0. The zero-order chi connectivity index (χ0) is 11.0. The first-order chi connectivity index (χ1) is 6.21. The Morgan fingerprint density at radius 3 is 2.07 bits per heavy atom. The molecular weight excluding hydrogens is 184 g/mol. The van der Waals surface area contributed by atoms with Gasteiger partial charge < -0.3 is 0 Å². The molecule has 0 amide bonds. The van der Waals surface area contributed by atoms with E-state index in [2.05, 4.69) is 46.5 Å². The SMILES string of the molecule is CC(C)(C)[C@H]1CC=C([Si](C)(C)C)CC1. The maximum absolute atomic E-state index is 2.56. The van der Waals surface area contributed by atoms with E-state index in [4.69, 9.17) is 0 Å². The van der Waals surface area contributed by atoms with Gasteiger partial charge in [0.05, 0.1) is 8.07 Å². The summed E-state index contributed by atoms with van der Waals surface area (Å²) in [7, 11) is -0.984. The van der Waals surface area contributed by atoms with Crippen molar-refractivity contribution in [2.75, 3.05) is 0 Å². The summed E-state index contributed by atoms with van der Waals surface area (Å²) in [6.45, 7) is 14.5. The molecule has 1 atom stereocenters. The molecule has 0 spiro atoms.